The van der Waals surface area contributed by atoms with Gasteiger partial charge in [0.25, 0.3) is 0 Å². The predicted octanol–water partition coefficient (Wildman–Crippen LogP) is 16.9. The molecule has 0 N–H and O–H groups in total. The number of benzene rings is 2. The Kier molecular flexibility index (Phi) is 21.5. The minimum Gasteiger partial charge on any atom is -0.496 e. The summed E-state index contributed by atoms with van der Waals surface area (Å²) in [6.45, 7) is 31.2. The van der Waals surface area contributed by atoms with Gasteiger partial charge in [-0.1, -0.05) is 154 Å². The summed E-state index contributed by atoms with van der Waals surface area (Å²) in [4.78, 5) is 0. The molecule has 0 heterocycles. The molecule has 0 amide bonds. The molecule has 346 valence electrons. The van der Waals surface area contributed by atoms with Crippen LogP contribution >= 0.6 is 15.8 Å². The fourth-order valence-corrected chi connectivity index (χ4v) is 18.0. The van der Waals surface area contributed by atoms with Gasteiger partial charge < -0.3 is 24.3 Å². The Morgan fingerprint density at radius 3 is 1.13 bits per heavy atom. The van der Waals surface area contributed by atoms with Crippen molar-refractivity contribution in [2.45, 2.75) is 231 Å². The second-order valence-corrected chi connectivity index (χ2v) is 27.8. The molecule has 2 aromatic carbocycles. The first-order valence-electron chi connectivity index (χ1n) is 23.6. The molecule has 0 saturated heterocycles. The topological polar surface area (TPSA) is 18.5 Å². The van der Waals surface area contributed by atoms with E-state index in [1.165, 1.54) is 136 Å². The summed E-state index contributed by atoms with van der Waals surface area (Å²) in [7, 11) is 2.91. The Balaban J connectivity index is 0.00000149. The molecule has 5 heteroatoms. The zero-order valence-corrected chi connectivity index (χ0v) is 45.5. The second kappa shape index (κ2) is 23.4. The van der Waals surface area contributed by atoms with Crippen LogP contribution in [-0.4, -0.2) is 31.2 Å². The molecule has 2 aromatic rings. The van der Waals surface area contributed by atoms with Gasteiger partial charge in [-0.15, -0.1) is 0 Å². The Morgan fingerprint density at radius 2 is 0.852 bits per heavy atom. The Labute approximate surface area is 392 Å². The number of rotatable bonds is 9. The molecule has 0 bridgehead atoms. The zero-order valence-electron chi connectivity index (χ0n) is 42.6. The molecule has 4 aliphatic carbocycles. The molecule has 0 unspecified atom stereocenters. The minimum atomic E-state index is -0.793. The summed E-state index contributed by atoms with van der Waals surface area (Å²) < 4.78 is 12.7. The number of hydrogen-bond donors (Lipinski definition) is 0. The third-order valence-corrected chi connectivity index (χ3v) is 20.2. The monoisotopic (exact) mass is 915 g/mol. The summed E-state index contributed by atoms with van der Waals surface area (Å²) >= 11 is 0. The van der Waals surface area contributed by atoms with E-state index >= 15 is 0 Å². The van der Waals surface area contributed by atoms with Crippen LogP contribution in [0.3, 0.4) is 0 Å². The smallest absolute Gasteiger partial charge is 0.496 e. The second-order valence-electron chi connectivity index (χ2n) is 22.4. The van der Waals surface area contributed by atoms with Gasteiger partial charge in [0.15, 0.2) is 0 Å². The third-order valence-electron chi connectivity index (χ3n) is 13.7. The maximum absolute atomic E-state index is 6.36. The van der Waals surface area contributed by atoms with Crippen LogP contribution in [0.15, 0.2) is 47.3 Å². The molecule has 2 saturated carbocycles. The van der Waals surface area contributed by atoms with E-state index < -0.39 is 7.92 Å². The van der Waals surface area contributed by atoms with E-state index in [4.69, 9.17) is 9.47 Å². The average molecular weight is 915 g/mol. The van der Waals surface area contributed by atoms with E-state index in [1.807, 2.05) is 19.8 Å². The molecule has 0 aromatic heterocycles. The van der Waals surface area contributed by atoms with Crippen LogP contribution in [-0.2, 0) is 38.7 Å². The summed E-state index contributed by atoms with van der Waals surface area (Å²) in [5.74, 6) is 2.16. The Morgan fingerprint density at radius 1 is 0.508 bits per heavy atom. The van der Waals surface area contributed by atoms with Crippen molar-refractivity contribution in [3.05, 3.63) is 84.4 Å². The predicted molar refractivity (Wildman–Crippen MR) is 274 cm³/mol. The SMILES string of the molecule is C1=CCCC1.COc1c(C(C)(C)C)cc(P(C2=C([C@@H](C)P(C3CCCCC3)C3CCCCC3)CCC2)c2cc(C(C)(C)C)c(OC)c(C(C)(C)C)c2)cc1C(C)(C)C.[CH3-].[CH3-].[Fe+2]. The molecule has 6 rings (SSSR count). The van der Waals surface area contributed by atoms with Crippen molar-refractivity contribution in [1.82, 2.24) is 0 Å². The van der Waals surface area contributed by atoms with Crippen LogP contribution in [0, 0.1) is 14.9 Å². The van der Waals surface area contributed by atoms with E-state index in [0.29, 0.717) is 5.66 Å². The molecule has 0 aliphatic heterocycles. The van der Waals surface area contributed by atoms with Crippen molar-refractivity contribution < 1.29 is 26.5 Å². The number of allylic oxidation sites excluding steroid dienone is 4. The molecule has 1 atom stereocenters. The largest absolute Gasteiger partial charge is 2.00 e. The van der Waals surface area contributed by atoms with Crippen molar-refractivity contribution in [3.63, 3.8) is 0 Å². The number of ether oxygens (including phenoxy) is 2. The van der Waals surface area contributed by atoms with Crippen LogP contribution in [0.25, 0.3) is 0 Å². The van der Waals surface area contributed by atoms with Crippen molar-refractivity contribution in [1.29, 1.82) is 0 Å². The molecule has 0 radical (unpaired) electrons. The molecule has 61 heavy (non-hydrogen) atoms. The van der Waals surface area contributed by atoms with E-state index in [-0.39, 0.29) is 61.5 Å². The van der Waals surface area contributed by atoms with Gasteiger partial charge in [0.05, 0.1) is 14.2 Å². The maximum atomic E-state index is 6.36. The first kappa shape index (κ1) is 56.0. The summed E-state index contributed by atoms with van der Waals surface area (Å²) in [5, 5.41) is 4.84. The van der Waals surface area contributed by atoms with Crippen molar-refractivity contribution >= 4 is 26.5 Å². The minimum absolute atomic E-state index is 0. The fraction of sp³-hybridized carbons (Fsp3) is 0.679. The van der Waals surface area contributed by atoms with Gasteiger partial charge in [0, 0.05) is 22.3 Å². The van der Waals surface area contributed by atoms with Gasteiger partial charge >= 0.3 is 17.1 Å². The van der Waals surface area contributed by atoms with E-state index in [1.54, 1.807) is 5.31 Å². The first-order chi connectivity index (χ1) is 27.2. The summed E-state index contributed by atoms with van der Waals surface area (Å²) in [6.07, 6.45) is 27.0. The van der Waals surface area contributed by atoms with Crippen LogP contribution < -0.4 is 20.1 Å². The van der Waals surface area contributed by atoms with E-state index in [9.17, 15) is 0 Å². The average Bonchev–Trinajstić information content (AvgIpc) is 3.91. The zero-order chi connectivity index (χ0) is 42.6. The van der Waals surface area contributed by atoms with Crippen molar-refractivity contribution in [3.8, 4) is 11.5 Å². The Bertz CT molecular complexity index is 1550. The van der Waals surface area contributed by atoms with E-state index in [0.717, 1.165) is 22.8 Å². The molecular formula is C56H92FeO2P2. The van der Waals surface area contributed by atoms with Crippen LogP contribution in [0.1, 0.15) is 215 Å². The Hall–Kier alpha value is -1.10. The van der Waals surface area contributed by atoms with Crippen LogP contribution in [0.2, 0.25) is 0 Å². The van der Waals surface area contributed by atoms with Gasteiger partial charge in [0.2, 0.25) is 0 Å². The van der Waals surface area contributed by atoms with Gasteiger partial charge in [0.1, 0.15) is 11.5 Å². The normalized spacial score (nSPS) is 18.6. The maximum Gasteiger partial charge on any atom is 2.00 e. The van der Waals surface area contributed by atoms with Gasteiger partial charge in [-0.3, -0.25) is 0 Å². The van der Waals surface area contributed by atoms with Crippen molar-refractivity contribution in [2.75, 3.05) is 14.2 Å². The molecule has 4 aliphatic rings. The quantitative estimate of drug-likeness (QED) is 0.108. The summed E-state index contributed by atoms with van der Waals surface area (Å²) in [5.41, 5.74) is 9.67. The molecule has 2 fully saturated rings. The van der Waals surface area contributed by atoms with E-state index in [2.05, 4.69) is 126 Å². The van der Waals surface area contributed by atoms with Gasteiger partial charge in [-0.2, -0.15) is 0 Å². The van der Waals surface area contributed by atoms with Crippen LogP contribution in [0.5, 0.6) is 11.5 Å². The van der Waals surface area contributed by atoms with Crippen molar-refractivity contribution in [2.24, 2.45) is 0 Å². The molecule has 2 nitrogen and oxygen atoms in total. The molecule has 0 spiro atoms. The number of methoxy groups -OCH3 is 2. The first-order valence-corrected chi connectivity index (χ1v) is 26.5. The molecular weight excluding hydrogens is 822 g/mol. The number of hydrogen-bond acceptors (Lipinski definition) is 2. The summed E-state index contributed by atoms with van der Waals surface area (Å²) in [6, 6.07) is 10.4. The van der Waals surface area contributed by atoms with Crippen LogP contribution in [0.4, 0.5) is 0 Å². The fourth-order valence-electron chi connectivity index (χ4n) is 10.5. The standard InChI is InChI=1S/C49H78O2P2.C5H8.2CH3.Fe/c1-33(52(34-23-18-16-19-24-34)35-25-20-17-21-26-35)38-27-22-28-43(38)53(36-29-39(46(2,3)4)44(50-14)40(30-36)47(5,6)7)37-31-41(48(8,9)10)45(51-15)42(32-37)49(11,12)13;1-2-4-5-3-1;;;/h29-35H,16-28H2,1-15H3;1-2H,3-5H2;2*1H3;/q;;2*-1;+2/t33-;;;;/m1..../s1. The third kappa shape index (κ3) is 13.7. The van der Waals surface area contributed by atoms with Gasteiger partial charge in [-0.05, 0) is 151 Å². The van der Waals surface area contributed by atoms with Gasteiger partial charge in [-0.25, -0.2) is 0 Å².